The van der Waals surface area contributed by atoms with Gasteiger partial charge in [-0.3, -0.25) is 9.59 Å². The van der Waals surface area contributed by atoms with Crippen LogP contribution in [0.2, 0.25) is 0 Å². The SMILES string of the molecule is O=C(O)CCCc1ccc(NCCCC(=O)c2ccc(F)cc2)cc1. The van der Waals surface area contributed by atoms with Crippen LogP contribution < -0.4 is 5.32 Å². The number of rotatable bonds is 10. The second-order valence-corrected chi connectivity index (χ2v) is 5.90. The van der Waals surface area contributed by atoms with E-state index in [2.05, 4.69) is 5.32 Å². The summed E-state index contributed by atoms with van der Waals surface area (Å²) in [5.41, 5.74) is 2.61. The first-order valence-corrected chi connectivity index (χ1v) is 8.38. The molecule has 2 rings (SSSR count). The first kappa shape index (κ1) is 18.6. The van der Waals surface area contributed by atoms with Gasteiger partial charge in [0.25, 0.3) is 0 Å². The molecule has 0 atom stereocenters. The molecule has 0 spiro atoms. The first-order valence-electron chi connectivity index (χ1n) is 8.38. The summed E-state index contributed by atoms with van der Waals surface area (Å²) in [7, 11) is 0. The molecule has 0 saturated carbocycles. The molecule has 0 fully saturated rings. The molecule has 0 aromatic heterocycles. The maximum absolute atomic E-state index is 12.8. The zero-order valence-electron chi connectivity index (χ0n) is 14.0. The molecule has 0 unspecified atom stereocenters. The van der Waals surface area contributed by atoms with Gasteiger partial charge in [0.2, 0.25) is 0 Å². The van der Waals surface area contributed by atoms with Crippen molar-refractivity contribution in [2.45, 2.75) is 32.1 Å². The number of halogens is 1. The molecule has 0 amide bonds. The van der Waals surface area contributed by atoms with Crippen LogP contribution in [0.25, 0.3) is 0 Å². The number of nitrogens with one attached hydrogen (secondary N) is 1. The Hall–Kier alpha value is -2.69. The molecule has 5 heteroatoms. The first-order chi connectivity index (χ1) is 12.0. The molecule has 0 saturated heterocycles. The van der Waals surface area contributed by atoms with Crippen LogP contribution in [0.4, 0.5) is 10.1 Å². The van der Waals surface area contributed by atoms with E-state index < -0.39 is 5.97 Å². The number of Topliss-reactive ketones (excluding diaryl/α,β-unsaturated/α-hetero) is 1. The smallest absolute Gasteiger partial charge is 0.303 e. The molecular weight excluding hydrogens is 321 g/mol. The van der Waals surface area contributed by atoms with Gasteiger partial charge in [-0.05, 0) is 61.2 Å². The molecule has 0 aliphatic heterocycles. The highest BCUT2D eigenvalue weighted by Gasteiger charge is 2.05. The highest BCUT2D eigenvalue weighted by atomic mass is 19.1. The number of aliphatic carboxylic acids is 1. The molecule has 0 aliphatic carbocycles. The summed E-state index contributed by atoms with van der Waals surface area (Å²) in [6, 6.07) is 13.5. The second kappa shape index (κ2) is 9.57. The molecule has 25 heavy (non-hydrogen) atoms. The van der Waals surface area contributed by atoms with Crippen molar-refractivity contribution in [1.29, 1.82) is 0 Å². The molecule has 132 valence electrons. The van der Waals surface area contributed by atoms with Crippen LogP contribution in [-0.2, 0) is 11.2 Å². The topological polar surface area (TPSA) is 66.4 Å². The van der Waals surface area contributed by atoms with Crippen molar-refractivity contribution in [2.24, 2.45) is 0 Å². The summed E-state index contributed by atoms with van der Waals surface area (Å²) in [5.74, 6) is -1.10. The van der Waals surface area contributed by atoms with Crippen molar-refractivity contribution in [2.75, 3.05) is 11.9 Å². The van der Waals surface area contributed by atoms with Gasteiger partial charge in [-0.2, -0.15) is 0 Å². The maximum Gasteiger partial charge on any atom is 0.303 e. The number of hydrogen-bond donors (Lipinski definition) is 2. The van der Waals surface area contributed by atoms with E-state index in [-0.39, 0.29) is 18.0 Å². The van der Waals surface area contributed by atoms with Crippen LogP contribution in [0, 0.1) is 5.82 Å². The molecule has 0 heterocycles. The lowest BCUT2D eigenvalue weighted by atomic mass is 10.1. The Labute approximate surface area is 146 Å². The van der Waals surface area contributed by atoms with E-state index in [4.69, 9.17) is 5.11 Å². The fourth-order valence-electron chi connectivity index (χ4n) is 2.49. The minimum atomic E-state index is -0.770. The third-order valence-electron chi connectivity index (χ3n) is 3.89. The highest BCUT2D eigenvalue weighted by molar-refractivity contribution is 5.95. The number of benzene rings is 2. The Morgan fingerprint density at radius 1 is 0.920 bits per heavy atom. The molecule has 4 nitrogen and oxygen atoms in total. The number of anilines is 1. The Bertz CT molecular complexity index is 696. The number of aryl methyl sites for hydroxylation is 1. The van der Waals surface area contributed by atoms with E-state index in [1.54, 1.807) is 0 Å². The summed E-state index contributed by atoms with van der Waals surface area (Å²) in [4.78, 5) is 22.5. The van der Waals surface area contributed by atoms with E-state index in [1.807, 2.05) is 24.3 Å². The number of carbonyl (C=O) groups excluding carboxylic acids is 1. The van der Waals surface area contributed by atoms with Gasteiger partial charge in [-0.1, -0.05) is 12.1 Å². The van der Waals surface area contributed by atoms with Crippen molar-refractivity contribution in [1.82, 2.24) is 0 Å². The molecule has 0 radical (unpaired) electrons. The zero-order chi connectivity index (χ0) is 18.1. The van der Waals surface area contributed by atoms with Crippen molar-refractivity contribution in [3.05, 3.63) is 65.5 Å². The minimum Gasteiger partial charge on any atom is -0.481 e. The van der Waals surface area contributed by atoms with E-state index in [9.17, 15) is 14.0 Å². The third kappa shape index (κ3) is 6.75. The lowest BCUT2D eigenvalue weighted by Crippen LogP contribution is -2.06. The van der Waals surface area contributed by atoms with Gasteiger partial charge in [0.15, 0.2) is 5.78 Å². The van der Waals surface area contributed by atoms with Gasteiger partial charge in [0.05, 0.1) is 0 Å². The Morgan fingerprint density at radius 2 is 1.60 bits per heavy atom. The number of carboxylic acids is 1. The van der Waals surface area contributed by atoms with Crippen molar-refractivity contribution in [3.8, 4) is 0 Å². The van der Waals surface area contributed by atoms with Gasteiger partial charge in [0.1, 0.15) is 5.82 Å². The summed E-state index contributed by atoms with van der Waals surface area (Å²) < 4.78 is 12.8. The number of carboxylic acid groups (broad SMARTS) is 1. The summed E-state index contributed by atoms with van der Waals surface area (Å²) >= 11 is 0. The van der Waals surface area contributed by atoms with Crippen LogP contribution in [0.15, 0.2) is 48.5 Å². The molecule has 0 aliphatic rings. The predicted molar refractivity (Wildman–Crippen MR) is 95.5 cm³/mol. The van der Waals surface area contributed by atoms with Gasteiger partial charge >= 0.3 is 5.97 Å². The van der Waals surface area contributed by atoms with Crippen LogP contribution >= 0.6 is 0 Å². The van der Waals surface area contributed by atoms with E-state index in [1.165, 1.54) is 24.3 Å². The Kier molecular flexibility index (Phi) is 7.14. The maximum atomic E-state index is 12.8. The Morgan fingerprint density at radius 3 is 2.24 bits per heavy atom. The highest BCUT2D eigenvalue weighted by Crippen LogP contribution is 2.13. The third-order valence-corrected chi connectivity index (χ3v) is 3.89. The summed E-state index contributed by atoms with van der Waals surface area (Å²) in [5, 5.41) is 11.9. The van der Waals surface area contributed by atoms with Gasteiger partial charge < -0.3 is 10.4 Å². The van der Waals surface area contributed by atoms with Crippen LogP contribution in [-0.4, -0.2) is 23.4 Å². The molecule has 2 aromatic rings. The zero-order valence-corrected chi connectivity index (χ0v) is 14.0. The predicted octanol–water partition coefficient (Wildman–Crippen LogP) is 4.31. The van der Waals surface area contributed by atoms with E-state index in [0.717, 1.165) is 17.7 Å². The second-order valence-electron chi connectivity index (χ2n) is 5.90. The average Bonchev–Trinajstić information content (AvgIpc) is 2.60. The summed E-state index contributed by atoms with van der Waals surface area (Å²) in [6.45, 7) is 0.672. The van der Waals surface area contributed by atoms with Crippen molar-refractivity contribution < 1.29 is 19.1 Å². The fraction of sp³-hybridized carbons (Fsp3) is 0.300. The average molecular weight is 343 g/mol. The number of ketones is 1. The van der Waals surface area contributed by atoms with Crippen LogP contribution in [0.1, 0.15) is 41.6 Å². The van der Waals surface area contributed by atoms with Crippen molar-refractivity contribution >= 4 is 17.4 Å². The standard InChI is InChI=1S/C20H22FNO3/c21-17-10-8-16(9-11-17)19(23)4-2-14-22-18-12-6-15(7-13-18)3-1-5-20(24)25/h6-13,22H,1-5,14H2,(H,24,25). The minimum absolute atomic E-state index is 0.00979. The number of hydrogen-bond acceptors (Lipinski definition) is 3. The lowest BCUT2D eigenvalue weighted by Gasteiger charge is -2.07. The monoisotopic (exact) mass is 343 g/mol. The number of carbonyl (C=O) groups is 2. The largest absolute Gasteiger partial charge is 0.481 e. The molecule has 2 N–H and O–H groups in total. The van der Waals surface area contributed by atoms with E-state index >= 15 is 0 Å². The van der Waals surface area contributed by atoms with Crippen LogP contribution in [0.5, 0.6) is 0 Å². The summed E-state index contributed by atoms with van der Waals surface area (Å²) in [6.07, 6.45) is 2.66. The lowest BCUT2D eigenvalue weighted by molar-refractivity contribution is -0.137. The Balaban J connectivity index is 1.68. The van der Waals surface area contributed by atoms with Gasteiger partial charge in [-0.15, -0.1) is 0 Å². The fourth-order valence-corrected chi connectivity index (χ4v) is 2.49. The molecule has 0 bridgehead atoms. The van der Waals surface area contributed by atoms with Gasteiger partial charge in [0, 0.05) is 30.6 Å². The van der Waals surface area contributed by atoms with Crippen molar-refractivity contribution in [3.63, 3.8) is 0 Å². The quantitative estimate of drug-likeness (QED) is 0.498. The van der Waals surface area contributed by atoms with Crippen LogP contribution in [0.3, 0.4) is 0 Å². The molecular formula is C20H22FNO3. The van der Waals surface area contributed by atoms with E-state index in [0.29, 0.717) is 31.4 Å². The van der Waals surface area contributed by atoms with Gasteiger partial charge in [-0.25, -0.2) is 4.39 Å². The molecule has 2 aromatic carbocycles. The normalized spacial score (nSPS) is 10.4.